The maximum atomic E-state index is 5.07. The number of anilines is 3. The monoisotopic (exact) mass is 766 g/mol. The van der Waals surface area contributed by atoms with Crippen LogP contribution in [0.25, 0.3) is 38.8 Å². The van der Waals surface area contributed by atoms with Crippen LogP contribution in [0.4, 0.5) is 17.1 Å². The van der Waals surface area contributed by atoms with E-state index in [9.17, 15) is 0 Å². The highest BCUT2D eigenvalue weighted by Gasteiger charge is 2.43. The van der Waals surface area contributed by atoms with E-state index in [0.717, 1.165) is 29.1 Å². The van der Waals surface area contributed by atoms with E-state index in [1.54, 1.807) is 0 Å². The van der Waals surface area contributed by atoms with Crippen LogP contribution >= 0.6 is 0 Å². The molecule has 0 unspecified atom stereocenters. The number of pyridine rings is 1. The van der Waals surface area contributed by atoms with Crippen LogP contribution in [-0.4, -0.2) is 29.8 Å². The Morgan fingerprint density at radius 1 is 0.517 bits per heavy atom. The van der Waals surface area contributed by atoms with E-state index in [1.165, 1.54) is 59.7 Å². The number of aryl methyl sites for hydroxylation is 1. The third-order valence-electron chi connectivity index (χ3n) is 12.1. The van der Waals surface area contributed by atoms with E-state index in [1.807, 2.05) is 6.20 Å². The minimum atomic E-state index is -2.96. The van der Waals surface area contributed by atoms with Crippen LogP contribution < -0.4 is 30.5 Å². The molecular weight excluding hydrogens is 721 g/mol. The maximum absolute atomic E-state index is 5.07. The fourth-order valence-corrected chi connectivity index (χ4v) is 14.1. The molecule has 0 bridgehead atoms. The molecule has 0 atom stereocenters. The Labute approximate surface area is 342 Å². The molecule has 0 fully saturated rings. The Kier molecular flexibility index (Phi) is 8.65. The van der Waals surface area contributed by atoms with Crippen molar-refractivity contribution in [1.82, 2.24) is 9.55 Å². The summed E-state index contributed by atoms with van der Waals surface area (Å²) in [5.41, 5.74) is 9.62. The quantitative estimate of drug-likeness (QED) is 0.119. The molecule has 1 aliphatic heterocycles. The van der Waals surface area contributed by atoms with Crippen molar-refractivity contribution in [2.75, 3.05) is 16.5 Å². The van der Waals surface area contributed by atoms with Crippen molar-refractivity contribution in [3.63, 3.8) is 0 Å². The lowest BCUT2D eigenvalue weighted by molar-refractivity contribution is 0.518. The van der Waals surface area contributed by atoms with Gasteiger partial charge in [-0.3, -0.25) is 4.57 Å². The normalized spacial score (nSPS) is 13.0. The van der Waals surface area contributed by atoms with Gasteiger partial charge in [0.1, 0.15) is 5.82 Å². The predicted octanol–water partition coefficient (Wildman–Crippen LogP) is 10.2. The third-order valence-corrected chi connectivity index (χ3v) is 16.9. The predicted molar refractivity (Wildman–Crippen MR) is 248 cm³/mol. The highest BCUT2D eigenvalue weighted by atomic mass is 28.3. The van der Waals surface area contributed by atoms with E-state index < -0.39 is 8.07 Å². The fourth-order valence-electron chi connectivity index (χ4n) is 9.35. The zero-order chi connectivity index (χ0) is 39.4. The van der Waals surface area contributed by atoms with Crippen LogP contribution in [0.2, 0.25) is 0 Å². The molecule has 1 aliphatic rings. The van der Waals surface area contributed by atoms with Crippen molar-refractivity contribution in [2.24, 2.45) is 0 Å². The number of para-hydroxylation sites is 3. The van der Waals surface area contributed by atoms with Gasteiger partial charge in [0.05, 0.1) is 29.1 Å². The highest BCUT2D eigenvalue weighted by Crippen LogP contribution is 2.43. The minimum absolute atomic E-state index is 0.0305. The molecule has 10 rings (SSSR count). The molecule has 0 amide bonds. The smallest absolute Gasteiger partial charge is 0.179 e. The van der Waals surface area contributed by atoms with Gasteiger partial charge < -0.3 is 9.80 Å². The van der Waals surface area contributed by atoms with Gasteiger partial charge in [0.15, 0.2) is 8.07 Å². The Bertz CT molecular complexity index is 2910. The van der Waals surface area contributed by atoms with Crippen molar-refractivity contribution < 1.29 is 0 Å². The van der Waals surface area contributed by atoms with Crippen molar-refractivity contribution in [3.8, 4) is 16.9 Å². The molecule has 0 radical (unpaired) electrons. The molecule has 58 heavy (non-hydrogen) atoms. The summed E-state index contributed by atoms with van der Waals surface area (Å²) in [6, 6.07) is 69.8. The van der Waals surface area contributed by atoms with Crippen LogP contribution in [0.15, 0.2) is 194 Å². The largest absolute Gasteiger partial charge is 0.347 e. The summed E-state index contributed by atoms with van der Waals surface area (Å²) in [5, 5.41) is 7.80. The first-order chi connectivity index (χ1) is 28.3. The number of fused-ring (bicyclic) bond motifs is 4. The Morgan fingerprint density at radius 3 is 1.88 bits per heavy atom. The van der Waals surface area contributed by atoms with Gasteiger partial charge in [0, 0.05) is 28.2 Å². The lowest BCUT2D eigenvalue weighted by Crippen LogP contribution is -2.74. The van der Waals surface area contributed by atoms with E-state index in [4.69, 9.17) is 4.98 Å². The molecule has 0 aliphatic carbocycles. The Balaban J connectivity index is 1.24. The summed E-state index contributed by atoms with van der Waals surface area (Å²) in [6.45, 7) is 9.87. The molecule has 0 spiro atoms. The van der Waals surface area contributed by atoms with Gasteiger partial charge in [-0.1, -0.05) is 140 Å². The summed E-state index contributed by atoms with van der Waals surface area (Å²) >= 11 is 0. The van der Waals surface area contributed by atoms with Crippen LogP contribution in [0.3, 0.4) is 0 Å². The number of hydrogen-bond donors (Lipinski definition) is 0. The number of benzene rings is 7. The number of nitrogens with zero attached hydrogens (tertiary/aromatic N) is 4. The molecule has 3 heterocycles. The topological polar surface area (TPSA) is 24.3 Å². The van der Waals surface area contributed by atoms with Crippen LogP contribution in [0.1, 0.15) is 26.3 Å². The summed E-state index contributed by atoms with van der Waals surface area (Å²) in [5.74, 6) is 0.911. The first-order valence-electron chi connectivity index (χ1n) is 20.2. The maximum Gasteiger partial charge on any atom is 0.179 e. The van der Waals surface area contributed by atoms with Crippen molar-refractivity contribution in [3.05, 3.63) is 200 Å². The van der Waals surface area contributed by atoms with Gasteiger partial charge in [-0.25, -0.2) is 4.98 Å². The number of hydrogen-bond acceptors (Lipinski definition) is 3. The second-order valence-corrected chi connectivity index (χ2v) is 20.3. The summed E-state index contributed by atoms with van der Waals surface area (Å²) in [6.07, 6.45) is 1.96. The molecule has 0 saturated heterocycles. The number of aromatic nitrogens is 2. The second kappa shape index (κ2) is 14.0. The molecule has 9 aromatic rings. The zero-order valence-corrected chi connectivity index (χ0v) is 34.5. The molecule has 0 N–H and O–H groups in total. The van der Waals surface area contributed by atoms with E-state index in [-0.39, 0.29) is 5.54 Å². The molecule has 282 valence electrons. The standard InChI is InChI=1S/C53H46N4Si/c1-38-18-11-12-25-45(38)39-32-33-54-52(34-39)57-48-27-14-13-26-46(48)47-31-30-44(36-51(47)57)58(41-20-7-5-8-21-41,42-22-9-6-10-23-42)43-24-17-19-40(35-43)55-37-56(53(2,3)4)50-29-16-15-28-49(50)55/h5-36H,37H2,1-4H3. The van der Waals surface area contributed by atoms with Gasteiger partial charge in [0.25, 0.3) is 0 Å². The van der Waals surface area contributed by atoms with Crippen molar-refractivity contribution in [2.45, 2.75) is 33.2 Å². The zero-order valence-electron chi connectivity index (χ0n) is 33.5. The summed E-state index contributed by atoms with van der Waals surface area (Å²) in [7, 11) is -2.96. The first kappa shape index (κ1) is 35.7. The highest BCUT2D eigenvalue weighted by molar-refractivity contribution is 7.20. The lowest BCUT2D eigenvalue weighted by atomic mass is 10.0. The lowest BCUT2D eigenvalue weighted by Gasteiger charge is -2.36. The van der Waals surface area contributed by atoms with E-state index >= 15 is 0 Å². The molecular formula is C53H46N4Si. The van der Waals surface area contributed by atoms with Gasteiger partial charge >= 0.3 is 0 Å². The number of rotatable bonds is 7. The van der Waals surface area contributed by atoms with Gasteiger partial charge in [0.2, 0.25) is 0 Å². The summed E-state index contributed by atoms with van der Waals surface area (Å²) < 4.78 is 2.38. The molecule has 2 aromatic heterocycles. The average Bonchev–Trinajstić information content (AvgIpc) is 3.82. The molecule has 4 nitrogen and oxygen atoms in total. The Morgan fingerprint density at radius 2 is 1.14 bits per heavy atom. The Hall–Kier alpha value is -6.69. The molecule has 0 saturated carbocycles. The van der Waals surface area contributed by atoms with E-state index in [2.05, 4.69) is 230 Å². The van der Waals surface area contributed by atoms with Crippen molar-refractivity contribution >= 4 is 67.7 Å². The molecule has 7 aromatic carbocycles. The first-order valence-corrected chi connectivity index (χ1v) is 22.2. The van der Waals surface area contributed by atoms with Gasteiger partial charge in [-0.05, 0) is 114 Å². The van der Waals surface area contributed by atoms with Crippen LogP contribution in [-0.2, 0) is 0 Å². The van der Waals surface area contributed by atoms with Gasteiger partial charge in [-0.2, -0.15) is 0 Å². The third kappa shape index (κ3) is 5.76. The van der Waals surface area contributed by atoms with E-state index in [0.29, 0.717) is 0 Å². The second-order valence-electron chi connectivity index (χ2n) is 16.5. The van der Waals surface area contributed by atoms with Crippen LogP contribution in [0.5, 0.6) is 0 Å². The van der Waals surface area contributed by atoms with Gasteiger partial charge in [-0.15, -0.1) is 0 Å². The molecule has 5 heteroatoms. The fraction of sp³-hybridized carbons (Fsp3) is 0.113. The average molecular weight is 767 g/mol. The summed E-state index contributed by atoms with van der Waals surface area (Å²) in [4.78, 5) is 10.1. The SMILES string of the molecule is Cc1ccccc1-c1ccnc(-n2c3ccccc3c3ccc([Si](c4ccccc4)(c4ccccc4)c4cccc(N5CN(C(C)(C)C)c6ccccc65)c4)cc32)c1. The van der Waals surface area contributed by atoms with Crippen molar-refractivity contribution in [1.29, 1.82) is 0 Å². The minimum Gasteiger partial charge on any atom is -0.347 e. The van der Waals surface area contributed by atoms with Crippen LogP contribution in [0, 0.1) is 6.92 Å².